The number of nitrogens with one attached hydrogen (secondary N) is 1. The molecule has 6 nitrogen and oxygen atoms in total. The van der Waals surface area contributed by atoms with E-state index in [4.69, 9.17) is 0 Å². The number of pyridine rings is 1. The van der Waals surface area contributed by atoms with Gasteiger partial charge in [0, 0.05) is 25.4 Å². The fourth-order valence-electron chi connectivity index (χ4n) is 1.34. The zero-order valence-electron chi connectivity index (χ0n) is 11.0. The molecule has 0 unspecified atom stereocenters. The highest BCUT2D eigenvalue weighted by atomic mass is 32.2. The van der Waals surface area contributed by atoms with Gasteiger partial charge in [0.25, 0.3) is 5.91 Å². The summed E-state index contributed by atoms with van der Waals surface area (Å²) in [5, 5.41) is 2.57. The number of hydrogen-bond donors (Lipinski definition) is 1. The van der Waals surface area contributed by atoms with Gasteiger partial charge in [0.05, 0.1) is 6.26 Å². The summed E-state index contributed by atoms with van der Waals surface area (Å²) in [5.41, 5.74) is 0.599. The molecule has 0 saturated heterocycles. The van der Waals surface area contributed by atoms with Crippen LogP contribution in [0.15, 0.2) is 18.3 Å². The molecule has 1 aromatic heterocycles. The van der Waals surface area contributed by atoms with Gasteiger partial charge in [-0.05, 0) is 18.9 Å². The van der Waals surface area contributed by atoms with Crippen LogP contribution in [0.3, 0.4) is 0 Å². The Morgan fingerprint density at radius 2 is 2.21 bits per heavy atom. The summed E-state index contributed by atoms with van der Waals surface area (Å²) in [4.78, 5) is 15.3. The van der Waals surface area contributed by atoms with Gasteiger partial charge in [-0.2, -0.15) is 0 Å². The van der Waals surface area contributed by atoms with Gasteiger partial charge in [-0.25, -0.2) is 13.4 Å². The largest absolute Gasteiger partial charge is 0.341 e. The molecule has 1 rings (SSSR count). The van der Waals surface area contributed by atoms with Gasteiger partial charge in [0.15, 0.2) is 0 Å². The molecule has 0 saturated carbocycles. The lowest BCUT2D eigenvalue weighted by atomic mass is 10.2. The van der Waals surface area contributed by atoms with Crippen molar-refractivity contribution in [2.75, 3.05) is 17.6 Å². The topological polar surface area (TPSA) is 79.4 Å². The Labute approximate surface area is 112 Å². The molecule has 0 aromatic carbocycles. The predicted molar refractivity (Wildman–Crippen MR) is 72.8 cm³/mol. The minimum Gasteiger partial charge on any atom is -0.341 e. The Morgan fingerprint density at radius 3 is 2.79 bits per heavy atom. The van der Waals surface area contributed by atoms with Gasteiger partial charge in [-0.3, -0.25) is 9.10 Å². The Kier molecular flexibility index (Phi) is 4.89. The van der Waals surface area contributed by atoms with Crippen LogP contribution in [-0.2, 0) is 21.4 Å². The van der Waals surface area contributed by atoms with E-state index in [1.807, 2.05) is 0 Å². The highest BCUT2D eigenvalue weighted by Gasteiger charge is 2.16. The average Bonchev–Trinajstić information content (AvgIpc) is 2.35. The maximum Gasteiger partial charge on any atom is 0.296 e. The first-order valence-electron chi connectivity index (χ1n) is 5.44. The van der Waals surface area contributed by atoms with Crippen molar-refractivity contribution in [2.24, 2.45) is 0 Å². The Morgan fingerprint density at radius 1 is 1.53 bits per heavy atom. The molecule has 1 amide bonds. The molecular weight excluding hydrogens is 266 g/mol. The number of sulfonamides is 1. The van der Waals surface area contributed by atoms with Gasteiger partial charge in [0.1, 0.15) is 5.82 Å². The zero-order valence-corrected chi connectivity index (χ0v) is 11.8. The monoisotopic (exact) mass is 281 g/mol. The van der Waals surface area contributed by atoms with Crippen LogP contribution in [0.25, 0.3) is 0 Å². The lowest BCUT2D eigenvalue weighted by Gasteiger charge is -2.18. The Bertz CT molecular complexity index is 629. The van der Waals surface area contributed by atoms with E-state index in [-0.39, 0.29) is 12.4 Å². The van der Waals surface area contributed by atoms with Crippen LogP contribution in [-0.4, -0.2) is 32.6 Å². The molecule has 1 aromatic rings. The third-order valence-electron chi connectivity index (χ3n) is 2.34. The van der Waals surface area contributed by atoms with Gasteiger partial charge in [-0.15, -0.1) is 0 Å². The first-order valence-corrected chi connectivity index (χ1v) is 7.29. The van der Waals surface area contributed by atoms with Gasteiger partial charge >= 0.3 is 0 Å². The fraction of sp³-hybridized carbons (Fsp3) is 0.333. The van der Waals surface area contributed by atoms with E-state index >= 15 is 0 Å². The minimum absolute atomic E-state index is 0.163. The molecular formula is C12H15N3O3S. The molecule has 0 aliphatic carbocycles. The molecule has 1 N–H and O–H groups in total. The third-order valence-corrected chi connectivity index (χ3v) is 3.51. The number of anilines is 1. The maximum absolute atomic E-state index is 11.5. The van der Waals surface area contributed by atoms with Crippen LogP contribution >= 0.6 is 0 Å². The predicted octanol–water partition coefficient (Wildman–Crippen LogP) is 0.117. The van der Waals surface area contributed by atoms with Crippen molar-refractivity contribution in [3.8, 4) is 11.8 Å². The van der Waals surface area contributed by atoms with Crippen LogP contribution in [0, 0.1) is 11.8 Å². The van der Waals surface area contributed by atoms with E-state index < -0.39 is 15.9 Å². The lowest BCUT2D eigenvalue weighted by molar-refractivity contribution is -0.115. The van der Waals surface area contributed by atoms with E-state index in [1.54, 1.807) is 19.1 Å². The zero-order chi connectivity index (χ0) is 14.5. The number of amides is 1. The molecule has 0 aliphatic heterocycles. The highest BCUT2D eigenvalue weighted by molar-refractivity contribution is 7.92. The second kappa shape index (κ2) is 6.20. The summed E-state index contributed by atoms with van der Waals surface area (Å²) in [5.74, 6) is 4.69. The first kappa shape index (κ1) is 15.0. The van der Waals surface area contributed by atoms with Crippen LogP contribution in [0.1, 0.15) is 12.5 Å². The summed E-state index contributed by atoms with van der Waals surface area (Å²) in [6, 6.07) is 3.37. The summed E-state index contributed by atoms with van der Waals surface area (Å²) in [6.07, 6.45) is 2.58. The van der Waals surface area contributed by atoms with Gasteiger partial charge in [0.2, 0.25) is 10.0 Å². The van der Waals surface area contributed by atoms with Crippen molar-refractivity contribution in [1.29, 1.82) is 0 Å². The summed E-state index contributed by atoms with van der Waals surface area (Å²) in [6.45, 7) is 1.73. The van der Waals surface area contributed by atoms with Gasteiger partial charge < -0.3 is 5.32 Å². The van der Waals surface area contributed by atoms with Crippen molar-refractivity contribution in [3.63, 3.8) is 0 Å². The molecule has 0 spiro atoms. The number of carbonyl (C=O) groups is 1. The number of nitrogens with zero attached hydrogens (tertiary/aromatic N) is 2. The van der Waals surface area contributed by atoms with Crippen molar-refractivity contribution >= 4 is 21.7 Å². The van der Waals surface area contributed by atoms with E-state index in [2.05, 4.69) is 22.1 Å². The molecule has 1 heterocycles. The molecule has 0 aliphatic rings. The molecule has 7 heteroatoms. The number of hydrogen-bond acceptors (Lipinski definition) is 4. The number of aromatic nitrogens is 1. The fourth-order valence-corrected chi connectivity index (χ4v) is 1.82. The third kappa shape index (κ3) is 4.26. The lowest BCUT2D eigenvalue weighted by Crippen LogP contribution is -2.28. The van der Waals surface area contributed by atoms with Crippen LogP contribution < -0.4 is 9.62 Å². The highest BCUT2D eigenvalue weighted by Crippen LogP contribution is 2.17. The number of carbonyl (C=O) groups excluding carboxylic acids is 1. The normalized spacial score (nSPS) is 10.3. The molecule has 0 fully saturated rings. The van der Waals surface area contributed by atoms with Crippen LogP contribution in [0.2, 0.25) is 0 Å². The summed E-state index contributed by atoms with van der Waals surface area (Å²) in [7, 11) is -1.99. The second-order valence-electron chi connectivity index (χ2n) is 3.77. The van der Waals surface area contributed by atoms with E-state index in [0.29, 0.717) is 5.56 Å². The second-order valence-corrected chi connectivity index (χ2v) is 5.79. The molecule has 0 bridgehead atoms. The standard InChI is InChI=1S/C12H15N3O3S/c1-4-6-11(16)14-9-10-7-5-8-13-12(10)15(2)19(3,17)18/h5,7-8H,9H2,1-3H3,(H,14,16). The number of rotatable bonds is 4. The van der Waals surface area contributed by atoms with Crippen molar-refractivity contribution in [1.82, 2.24) is 10.3 Å². The van der Waals surface area contributed by atoms with Gasteiger partial charge in [-0.1, -0.05) is 12.0 Å². The molecule has 19 heavy (non-hydrogen) atoms. The molecule has 102 valence electrons. The smallest absolute Gasteiger partial charge is 0.296 e. The first-order chi connectivity index (χ1) is 8.86. The maximum atomic E-state index is 11.5. The summed E-state index contributed by atoms with van der Waals surface area (Å²) < 4.78 is 24.1. The van der Waals surface area contributed by atoms with E-state index in [1.165, 1.54) is 13.2 Å². The van der Waals surface area contributed by atoms with Crippen LogP contribution in [0.5, 0.6) is 0 Å². The minimum atomic E-state index is -3.40. The van der Waals surface area contributed by atoms with Crippen LogP contribution in [0.4, 0.5) is 5.82 Å². The van der Waals surface area contributed by atoms with Crippen molar-refractivity contribution in [2.45, 2.75) is 13.5 Å². The van der Waals surface area contributed by atoms with E-state index in [0.717, 1.165) is 10.6 Å². The summed E-state index contributed by atoms with van der Waals surface area (Å²) >= 11 is 0. The SMILES string of the molecule is CC#CC(=O)NCc1cccnc1N(C)S(C)(=O)=O. The quantitative estimate of drug-likeness (QED) is 0.795. The molecule has 0 radical (unpaired) electrons. The Balaban J connectivity index is 2.96. The molecule has 0 atom stereocenters. The van der Waals surface area contributed by atoms with E-state index in [9.17, 15) is 13.2 Å². The Hall–Kier alpha value is -2.07. The van der Waals surface area contributed by atoms with Crippen molar-refractivity contribution in [3.05, 3.63) is 23.9 Å². The average molecular weight is 281 g/mol. The van der Waals surface area contributed by atoms with Crippen molar-refractivity contribution < 1.29 is 13.2 Å².